The number of nitrogen functional groups attached to an aromatic ring is 1. The Kier molecular flexibility index (Phi) is 4.33. The normalized spacial score (nSPS) is 10.2. The van der Waals surface area contributed by atoms with Crippen molar-refractivity contribution in [3.63, 3.8) is 0 Å². The monoisotopic (exact) mass is 343 g/mol. The molecule has 2 aromatic rings. The summed E-state index contributed by atoms with van der Waals surface area (Å²) in [4.78, 5) is 11.9. The van der Waals surface area contributed by atoms with E-state index in [0.29, 0.717) is 5.69 Å². The summed E-state index contributed by atoms with van der Waals surface area (Å²) < 4.78 is 6.03. The fraction of sp³-hybridized carbons (Fsp3) is 0.0769. The van der Waals surface area contributed by atoms with Gasteiger partial charge in [0.15, 0.2) is 5.69 Å². The highest BCUT2D eigenvalue weighted by molar-refractivity contribution is 6.48. The van der Waals surface area contributed by atoms with Crippen molar-refractivity contribution in [1.29, 1.82) is 5.26 Å². The minimum atomic E-state index is -0.698. The molecular formula is C13H8Cl3N3O2. The van der Waals surface area contributed by atoms with Crippen LogP contribution in [0, 0.1) is 11.3 Å². The first-order chi connectivity index (χ1) is 9.92. The van der Waals surface area contributed by atoms with Crippen molar-refractivity contribution in [3.05, 3.63) is 44.7 Å². The molecule has 1 heterocycles. The number of nitriles is 1. The first kappa shape index (κ1) is 15.5. The van der Waals surface area contributed by atoms with Crippen molar-refractivity contribution in [2.75, 3.05) is 12.8 Å². The summed E-state index contributed by atoms with van der Waals surface area (Å²) in [7, 11) is 1.21. The van der Waals surface area contributed by atoms with Gasteiger partial charge in [0, 0.05) is 6.20 Å². The average molecular weight is 345 g/mol. The van der Waals surface area contributed by atoms with E-state index in [-0.39, 0.29) is 32.0 Å². The van der Waals surface area contributed by atoms with Crippen LogP contribution in [0.3, 0.4) is 0 Å². The molecule has 0 radical (unpaired) electrons. The van der Waals surface area contributed by atoms with E-state index in [1.807, 2.05) is 6.07 Å². The molecule has 0 saturated heterocycles. The number of rotatable bonds is 2. The lowest BCUT2D eigenvalue weighted by Crippen LogP contribution is -2.11. The van der Waals surface area contributed by atoms with Crippen LogP contribution in [-0.2, 0) is 4.74 Å². The SMILES string of the molecule is COC(=O)c1c(N)c(C#N)cn1-c1ccc(Cl)c(Cl)c1Cl. The standard InChI is InChI=1S/C13H8Cl3N3O2/c1-21-13(20)12-11(18)6(4-17)5-19(12)8-3-2-7(14)9(15)10(8)16/h2-3,5H,18H2,1H3. The molecule has 0 saturated carbocycles. The van der Waals surface area contributed by atoms with Crippen LogP contribution in [0.1, 0.15) is 16.1 Å². The predicted molar refractivity (Wildman–Crippen MR) is 81.3 cm³/mol. The van der Waals surface area contributed by atoms with Gasteiger partial charge < -0.3 is 15.0 Å². The van der Waals surface area contributed by atoms with Crippen LogP contribution in [0.4, 0.5) is 5.69 Å². The van der Waals surface area contributed by atoms with Gasteiger partial charge >= 0.3 is 5.97 Å². The molecule has 8 heteroatoms. The number of carbonyl (C=O) groups excluding carboxylic acids is 1. The second kappa shape index (κ2) is 5.86. The van der Waals surface area contributed by atoms with E-state index in [2.05, 4.69) is 4.74 Å². The third-order valence-corrected chi connectivity index (χ3v) is 4.10. The molecule has 0 aliphatic heterocycles. The number of halogens is 3. The number of benzene rings is 1. The van der Waals surface area contributed by atoms with Gasteiger partial charge in [-0.1, -0.05) is 34.8 Å². The summed E-state index contributed by atoms with van der Waals surface area (Å²) in [5.41, 5.74) is 6.28. The molecule has 0 atom stereocenters. The molecule has 0 spiro atoms. The molecule has 2 N–H and O–H groups in total. The third kappa shape index (κ3) is 2.54. The van der Waals surface area contributed by atoms with Crippen LogP contribution in [0.15, 0.2) is 18.3 Å². The summed E-state index contributed by atoms with van der Waals surface area (Å²) in [5.74, 6) is -0.698. The third-order valence-electron chi connectivity index (χ3n) is 2.82. The second-order valence-corrected chi connectivity index (χ2v) is 5.14. The van der Waals surface area contributed by atoms with Gasteiger partial charge in [0.1, 0.15) is 6.07 Å². The van der Waals surface area contributed by atoms with E-state index in [1.54, 1.807) is 6.07 Å². The maximum Gasteiger partial charge on any atom is 0.357 e. The van der Waals surface area contributed by atoms with Gasteiger partial charge in [0.05, 0.1) is 39.1 Å². The summed E-state index contributed by atoms with van der Waals surface area (Å²) in [6.45, 7) is 0. The molecule has 108 valence electrons. The lowest BCUT2D eigenvalue weighted by molar-refractivity contribution is 0.0593. The number of anilines is 1. The Morgan fingerprint density at radius 2 is 2.00 bits per heavy atom. The highest BCUT2D eigenvalue weighted by atomic mass is 35.5. The van der Waals surface area contributed by atoms with Crippen LogP contribution >= 0.6 is 34.8 Å². The van der Waals surface area contributed by atoms with Gasteiger partial charge in [-0.15, -0.1) is 0 Å². The van der Waals surface area contributed by atoms with Crippen molar-refractivity contribution < 1.29 is 9.53 Å². The van der Waals surface area contributed by atoms with E-state index < -0.39 is 5.97 Å². The summed E-state index contributed by atoms with van der Waals surface area (Å²) in [6.07, 6.45) is 1.38. The Morgan fingerprint density at radius 3 is 2.57 bits per heavy atom. The lowest BCUT2D eigenvalue weighted by atomic mass is 10.2. The predicted octanol–water partition coefficient (Wildman–Crippen LogP) is 3.68. The first-order valence-electron chi connectivity index (χ1n) is 5.55. The van der Waals surface area contributed by atoms with E-state index >= 15 is 0 Å². The molecule has 0 aliphatic rings. The molecule has 1 aromatic carbocycles. The number of methoxy groups -OCH3 is 1. The second-order valence-electron chi connectivity index (χ2n) is 3.97. The minimum absolute atomic E-state index is 0.00524. The fourth-order valence-electron chi connectivity index (χ4n) is 1.81. The number of hydrogen-bond acceptors (Lipinski definition) is 4. The zero-order valence-electron chi connectivity index (χ0n) is 10.7. The summed E-state index contributed by atoms with van der Waals surface area (Å²) in [5, 5.41) is 9.59. The van der Waals surface area contributed by atoms with Gasteiger partial charge in [0.2, 0.25) is 0 Å². The number of hydrogen-bond donors (Lipinski definition) is 1. The van der Waals surface area contributed by atoms with Crippen LogP contribution in [-0.4, -0.2) is 17.6 Å². The van der Waals surface area contributed by atoms with Gasteiger partial charge in [-0.3, -0.25) is 0 Å². The molecule has 5 nitrogen and oxygen atoms in total. The Balaban J connectivity index is 2.79. The van der Waals surface area contributed by atoms with Crippen LogP contribution in [0.25, 0.3) is 5.69 Å². The Morgan fingerprint density at radius 1 is 1.33 bits per heavy atom. The Labute approximate surface area is 135 Å². The number of carbonyl (C=O) groups is 1. The lowest BCUT2D eigenvalue weighted by Gasteiger charge is -2.11. The van der Waals surface area contributed by atoms with Crippen LogP contribution in [0.2, 0.25) is 15.1 Å². The van der Waals surface area contributed by atoms with Crippen molar-refractivity contribution in [2.24, 2.45) is 0 Å². The molecule has 0 aliphatic carbocycles. The van der Waals surface area contributed by atoms with Gasteiger partial charge in [-0.2, -0.15) is 5.26 Å². The largest absolute Gasteiger partial charge is 0.464 e. The summed E-state index contributed by atoms with van der Waals surface area (Å²) in [6, 6.07) is 4.98. The molecule has 1 aromatic heterocycles. The molecule has 0 fully saturated rings. The van der Waals surface area contributed by atoms with E-state index in [0.717, 1.165) is 0 Å². The molecule has 0 bridgehead atoms. The van der Waals surface area contributed by atoms with Crippen molar-refractivity contribution >= 4 is 46.5 Å². The topological polar surface area (TPSA) is 81.0 Å². The minimum Gasteiger partial charge on any atom is -0.464 e. The number of ether oxygens (including phenoxy) is 1. The molecule has 2 rings (SSSR count). The maximum atomic E-state index is 11.9. The van der Waals surface area contributed by atoms with Gasteiger partial charge in [-0.25, -0.2) is 4.79 Å². The van der Waals surface area contributed by atoms with Crippen molar-refractivity contribution in [3.8, 4) is 11.8 Å². The Hall–Kier alpha value is -1.87. The quantitative estimate of drug-likeness (QED) is 0.665. The van der Waals surface area contributed by atoms with E-state index in [1.165, 1.54) is 23.9 Å². The van der Waals surface area contributed by atoms with Crippen molar-refractivity contribution in [1.82, 2.24) is 4.57 Å². The smallest absolute Gasteiger partial charge is 0.357 e. The molecule has 0 amide bonds. The maximum absolute atomic E-state index is 11.9. The first-order valence-corrected chi connectivity index (χ1v) is 6.68. The van der Waals surface area contributed by atoms with E-state index in [9.17, 15) is 4.79 Å². The highest BCUT2D eigenvalue weighted by Gasteiger charge is 2.23. The number of aromatic nitrogens is 1. The van der Waals surface area contributed by atoms with Crippen LogP contribution in [0.5, 0.6) is 0 Å². The van der Waals surface area contributed by atoms with Crippen molar-refractivity contribution in [2.45, 2.75) is 0 Å². The van der Waals surface area contributed by atoms with Crippen LogP contribution < -0.4 is 5.73 Å². The number of nitrogens with two attached hydrogens (primary N) is 1. The number of esters is 1. The van der Waals surface area contributed by atoms with Gasteiger partial charge in [0.25, 0.3) is 0 Å². The average Bonchev–Trinajstić information content (AvgIpc) is 2.80. The number of nitrogens with zero attached hydrogens (tertiary/aromatic N) is 2. The van der Waals surface area contributed by atoms with E-state index in [4.69, 9.17) is 45.8 Å². The molecule has 0 unspecified atom stereocenters. The zero-order chi connectivity index (χ0) is 15.7. The molecular weight excluding hydrogens is 337 g/mol. The van der Waals surface area contributed by atoms with Gasteiger partial charge in [-0.05, 0) is 12.1 Å². The fourth-order valence-corrected chi connectivity index (χ4v) is 2.43. The summed E-state index contributed by atoms with van der Waals surface area (Å²) >= 11 is 18.0. The molecule has 21 heavy (non-hydrogen) atoms. The zero-order valence-corrected chi connectivity index (χ0v) is 12.9. The Bertz CT molecular complexity index is 778. The highest BCUT2D eigenvalue weighted by Crippen LogP contribution is 2.36.